The highest BCUT2D eigenvalue weighted by atomic mass is 32.2. The van der Waals surface area contributed by atoms with E-state index >= 15 is 0 Å². The zero-order chi connectivity index (χ0) is 24.0. The Morgan fingerprint density at radius 3 is 2.30 bits per heavy atom. The summed E-state index contributed by atoms with van der Waals surface area (Å²) in [5.41, 5.74) is 3.42. The van der Waals surface area contributed by atoms with Gasteiger partial charge in [0.15, 0.2) is 0 Å². The van der Waals surface area contributed by atoms with Crippen LogP contribution >= 0.6 is 0 Å². The molecule has 0 aliphatic rings. The molecule has 174 valence electrons. The van der Waals surface area contributed by atoms with Gasteiger partial charge in [-0.25, -0.2) is 12.8 Å². The van der Waals surface area contributed by atoms with Crippen molar-refractivity contribution < 1.29 is 22.3 Å². The van der Waals surface area contributed by atoms with Crippen LogP contribution in [0.1, 0.15) is 16.7 Å². The van der Waals surface area contributed by atoms with Crippen molar-refractivity contribution in [2.45, 2.75) is 25.7 Å². The molecule has 1 amide bonds. The third-order valence-electron chi connectivity index (χ3n) is 5.25. The largest absolute Gasteiger partial charge is 0.491 e. The first-order valence-electron chi connectivity index (χ1n) is 10.5. The van der Waals surface area contributed by atoms with Crippen molar-refractivity contribution in [2.75, 3.05) is 24.0 Å². The summed E-state index contributed by atoms with van der Waals surface area (Å²) in [6, 6.07) is 17.1. The maximum absolute atomic E-state index is 13.3. The van der Waals surface area contributed by atoms with E-state index in [0.717, 1.165) is 38.9 Å². The molecular weight excluding hydrogens is 443 g/mol. The van der Waals surface area contributed by atoms with Gasteiger partial charge in [-0.05, 0) is 74.4 Å². The van der Waals surface area contributed by atoms with E-state index in [4.69, 9.17) is 4.74 Å². The van der Waals surface area contributed by atoms with Gasteiger partial charge in [0.1, 0.15) is 24.7 Å². The lowest BCUT2D eigenvalue weighted by Gasteiger charge is -2.24. The van der Waals surface area contributed by atoms with Crippen molar-refractivity contribution in [3.05, 3.63) is 89.2 Å². The number of benzene rings is 3. The van der Waals surface area contributed by atoms with Crippen LogP contribution in [0.4, 0.5) is 10.1 Å². The van der Waals surface area contributed by atoms with Crippen LogP contribution < -0.4 is 14.4 Å². The second kappa shape index (κ2) is 10.5. The number of amides is 1. The number of nitrogens with zero attached hydrogens (tertiary/aromatic N) is 1. The van der Waals surface area contributed by atoms with Crippen molar-refractivity contribution in [2.24, 2.45) is 0 Å². The normalized spacial score (nSPS) is 11.2. The quantitative estimate of drug-likeness (QED) is 0.477. The molecule has 3 rings (SSSR count). The van der Waals surface area contributed by atoms with Gasteiger partial charge in [0, 0.05) is 0 Å². The van der Waals surface area contributed by atoms with Crippen molar-refractivity contribution in [1.29, 1.82) is 0 Å². The summed E-state index contributed by atoms with van der Waals surface area (Å²) in [5.74, 6) is -0.285. The van der Waals surface area contributed by atoms with E-state index in [0.29, 0.717) is 5.69 Å². The predicted octanol–water partition coefficient (Wildman–Crippen LogP) is 4.14. The number of carbonyl (C=O) groups excluding carboxylic acids is 1. The van der Waals surface area contributed by atoms with Gasteiger partial charge in [-0.15, -0.1) is 0 Å². The van der Waals surface area contributed by atoms with E-state index in [1.165, 1.54) is 12.1 Å². The highest BCUT2D eigenvalue weighted by Crippen LogP contribution is 2.24. The third-order valence-corrected chi connectivity index (χ3v) is 7.04. The molecule has 0 saturated carbocycles. The Morgan fingerprint density at radius 1 is 0.970 bits per heavy atom. The number of aryl methyl sites for hydroxylation is 2. The zero-order valence-electron chi connectivity index (χ0n) is 18.8. The number of hydrogen-bond acceptors (Lipinski definition) is 4. The number of nitrogens with one attached hydrogen (secondary N) is 1. The molecule has 0 bridgehead atoms. The summed E-state index contributed by atoms with van der Waals surface area (Å²) < 4.78 is 46.6. The molecule has 0 radical (unpaired) electrons. The van der Waals surface area contributed by atoms with Gasteiger partial charge in [0.2, 0.25) is 5.91 Å². The highest BCUT2D eigenvalue weighted by molar-refractivity contribution is 7.92. The first-order valence-corrected chi connectivity index (χ1v) is 11.9. The Hall–Kier alpha value is -3.39. The summed E-state index contributed by atoms with van der Waals surface area (Å²) >= 11 is 0. The van der Waals surface area contributed by atoms with Gasteiger partial charge in [-0.3, -0.25) is 9.10 Å². The third kappa shape index (κ3) is 6.10. The average molecular weight is 471 g/mol. The van der Waals surface area contributed by atoms with Crippen molar-refractivity contribution in [3.63, 3.8) is 0 Å². The monoisotopic (exact) mass is 470 g/mol. The van der Waals surface area contributed by atoms with Gasteiger partial charge in [-0.2, -0.15) is 0 Å². The van der Waals surface area contributed by atoms with Gasteiger partial charge < -0.3 is 10.1 Å². The summed E-state index contributed by atoms with van der Waals surface area (Å²) in [7, 11) is -4.09. The van der Waals surface area contributed by atoms with Crippen LogP contribution in [-0.2, 0) is 14.8 Å². The molecule has 0 unspecified atom stereocenters. The van der Waals surface area contributed by atoms with Gasteiger partial charge in [0.25, 0.3) is 10.0 Å². The van der Waals surface area contributed by atoms with Gasteiger partial charge >= 0.3 is 0 Å². The topological polar surface area (TPSA) is 75.7 Å². The Kier molecular flexibility index (Phi) is 7.71. The lowest BCUT2D eigenvalue weighted by Crippen LogP contribution is -2.42. The summed E-state index contributed by atoms with van der Waals surface area (Å²) in [4.78, 5) is 12.5. The van der Waals surface area contributed by atoms with Gasteiger partial charge in [0.05, 0.1) is 17.1 Å². The fourth-order valence-electron chi connectivity index (χ4n) is 3.18. The van der Waals surface area contributed by atoms with E-state index in [9.17, 15) is 17.6 Å². The van der Waals surface area contributed by atoms with Crippen LogP contribution in [0, 0.1) is 26.6 Å². The predicted molar refractivity (Wildman–Crippen MR) is 127 cm³/mol. The van der Waals surface area contributed by atoms with Crippen LogP contribution in [0.3, 0.4) is 0 Å². The number of sulfonamides is 1. The number of ether oxygens (including phenoxy) is 1. The Balaban J connectivity index is 1.70. The van der Waals surface area contributed by atoms with E-state index in [2.05, 4.69) is 5.32 Å². The van der Waals surface area contributed by atoms with E-state index in [1.807, 2.05) is 39.0 Å². The number of hydrogen-bond donors (Lipinski definition) is 1. The molecule has 0 aliphatic carbocycles. The van der Waals surface area contributed by atoms with E-state index in [-0.39, 0.29) is 18.0 Å². The molecule has 0 fully saturated rings. The second-order valence-electron chi connectivity index (χ2n) is 7.70. The SMILES string of the molecule is Cc1ccc(N(CC(=O)NCCOc2cccc(C)c2C)S(=O)(=O)c2ccc(F)cc2)cc1. The number of carbonyl (C=O) groups is 1. The molecule has 0 heterocycles. The minimum atomic E-state index is -4.09. The molecule has 3 aromatic rings. The van der Waals surface area contributed by atoms with Crippen molar-refractivity contribution in [1.82, 2.24) is 5.32 Å². The summed E-state index contributed by atoms with van der Waals surface area (Å²) in [5, 5.41) is 2.70. The molecule has 3 aromatic carbocycles. The molecule has 33 heavy (non-hydrogen) atoms. The Bertz CT molecular complexity index is 1210. The van der Waals surface area contributed by atoms with Crippen molar-refractivity contribution in [3.8, 4) is 5.75 Å². The lowest BCUT2D eigenvalue weighted by molar-refractivity contribution is -0.119. The van der Waals surface area contributed by atoms with Crippen LogP contribution in [-0.4, -0.2) is 34.0 Å². The molecule has 0 aromatic heterocycles. The van der Waals surface area contributed by atoms with Crippen LogP contribution in [0.25, 0.3) is 0 Å². The van der Waals surface area contributed by atoms with Crippen molar-refractivity contribution >= 4 is 21.6 Å². The highest BCUT2D eigenvalue weighted by Gasteiger charge is 2.27. The maximum Gasteiger partial charge on any atom is 0.264 e. The molecule has 0 saturated heterocycles. The van der Waals surface area contributed by atoms with E-state index < -0.39 is 28.3 Å². The first-order chi connectivity index (χ1) is 15.7. The summed E-state index contributed by atoms with van der Waals surface area (Å²) in [6.45, 7) is 5.86. The molecule has 0 aliphatic heterocycles. The smallest absolute Gasteiger partial charge is 0.264 e. The number of halogens is 1. The average Bonchev–Trinajstić information content (AvgIpc) is 2.78. The molecule has 0 atom stereocenters. The molecule has 8 heteroatoms. The minimum absolute atomic E-state index is 0.101. The second-order valence-corrected chi connectivity index (χ2v) is 9.56. The number of anilines is 1. The number of rotatable bonds is 9. The van der Waals surface area contributed by atoms with Crippen LogP contribution in [0.2, 0.25) is 0 Å². The molecule has 6 nitrogen and oxygen atoms in total. The Morgan fingerprint density at radius 2 is 1.64 bits per heavy atom. The maximum atomic E-state index is 13.3. The van der Waals surface area contributed by atoms with Crippen LogP contribution in [0.15, 0.2) is 71.6 Å². The lowest BCUT2D eigenvalue weighted by atomic mass is 10.1. The van der Waals surface area contributed by atoms with Gasteiger partial charge in [-0.1, -0.05) is 29.8 Å². The standard InChI is InChI=1S/C25H27FN2O4S/c1-18-7-11-22(12-8-18)28(33(30,31)23-13-9-21(26)10-14-23)17-25(29)27-15-16-32-24-6-4-5-19(2)20(24)3/h4-14H,15-17H2,1-3H3,(H,27,29). The zero-order valence-corrected chi connectivity index (χ0v) is 19.7. The summed E-state index contributed by atoms with van der Waals surface area (Å²) in [6.07, 6.45) is 0. The molecule has 0 spiro atoms. The molecule has 1 N–H and O–H groups in total. The fourth-order valence-corrected chi connectivity index (χ4v) is 4.60. The Labute approximate surface area is 194 Å². The minimum Gasteiger partial charge on any atom is -0.491 e. The first kappa shape index (κ1) is 24.3. The molecular formula is C25H27FN2O4S. The van der Waals surface area contributed by atoms with Crippen LogP contribution in [0.5, 0.6) is 5.75 Å². The fraction of sp³-hybridized carbons (Fsp3) is 0.240. The van der Waals surface area contributed by atoms with E-state index in [1.54, 1.807) is 24.3 Å².